The van der Waals surface area contributed by atoms with Crippen LogP contribution in [0.5, 0.6) is 0 Å². The summed E-state index contributed by atoms with van der Waals surface area (Å²) in [5.74, 6) is -0.942. The number of aromatic amines is 2. The van der Waals surface area contributed by atoms with Crippen LogP contribution in [0.1, 0.15) is 12.5 Å². The van der Waals surface area contributed by atoms with Crippen LogP contribution in [0.3, 0.4) is 0 Å². The van der Waals surface area contributed by atoms with Crippen LogP contribution >= 0.6 is 0 Å². The van der Waals surface area contributed by atoms with E-state index in [9.17, 15) is 60.0 Å². The Morgan fingerprint density at radius 2 is 0.976 bits per heavy atom. The lowest BCUT2D eigenvalue weighted by Crippen LogP contribution is -2.58. The Labute approximate surface area is 232 Å². The lowest BCUT2D eigenvalue weighted by molar-refractivity contribution is -0.255. The van der Waals surface area contributed by atoms with Gasteiger partial charge in [-0.15, -0.1) is 10.2 Å². The Bertz CT molecular complexity index is 1360. The van der Waals surface area contributed by atoms with Crippen LogP contribution in [0.4, 0.5) is 11.6 Å². The van der Waals surface area contributed by atoms with Gasteiger partial charge in [0, 0.05) is 13.1 Å². The van der Waals surface area contributed by atoms with Gasteiger partial charge in [-0.05, 0) is 0 Å². The second kappa shape index (κ2) is 12.7. The van der Waals surface area contributed by atoms with Gasteiger partial charge in [0.15, 0.2) is 12.5 Å². The molecule has 0 saturated carbocycles. The average molecular weight is 607 g/mol. The molecule has 2 aliphatic rings. The predicted octanol–water partition coefficient (Wildman–Crippen LogP) is -8.35. The number of rotatable bonds is 9. The van der Waals surface area contributed by atoms with Gasteiger partial charge in [-0.1, -0.05) is 0 Å². The number of nitrogens with zero attached hydrogens (tertiary/aromatic N) is 4. The third-order valence-corrected chi connectivity index (χ3v) is 6.63. The Morgan fingerprint density at radius 3 is 1.31 bits per heavy atom. The molecule has 2 saturated heterocycles. The molecule has 0 unspecified atom stereocenters. The van der Waals surface area contributed by atoms with E-state index < -0.39 is 109 Å². The van der Waals surface area contributed by atoms with Crippen molar-refractivity contribution in [2.75, 3.05) is 36.9 Å². The number of aromatic nitrogens is 6. The normalized spacial score (nSPS) is 33.3. The highest BCUT2D eigenvalue weighted by Crippen LogP contribution is 2.28. The maximum Gasteiger partial charge on any atom is 0.347 e. The fraction of sp³-hybridized carbons (Fsp3) is 0.700. The van der Waals surface area contributed by atoms with Crippen LogP contribution in [0.15, 0.2) is 19.2 Å². The number of aliphatic hydroxyl groups is 8. The zero-order chi connectivity index (χ0) is 30.9. The highest BCUT2D eigenvalue weighted by molar-refractivity contribution is 5.32. The zero-order valence-electron chi connectivity index (χ0n) is 21.4. The number of aliphatic hydroxyl groups excluding tert-OH is 8. The number of hydrogen-bond donors (Lipinski definition) is 12. The topological polar surface area (TPSA) is 340 Å². The summed E-state index contributed by atoms with van der Waals surface area (Å²) in [6, 6.07) is 0. The van der Waals surface area contributed by atoms with Gasteiger partial charge in [0.25, 0.3) is 11.1 Å². The SMILES string of the molecule is O=c1[nH]c(=O)n([C@@H]2O[C@H](CO)[C@@H](O)[C@H](O)[C@H]2O)nc1NCCNc1nn([C@@H]2O[C@H](CO)[C@@H](O)[C@H](O)[C@H]2O)c(=O)[nH]c1=O. The van der Waals surface area contributed by atoms with Gasteiger partial charge in [-0.2, -0.15) is 9.36 Å². The minimum atomic E-state index is -1.87. The molecule has 4 heterocycles. The average Bonchev–Trinajstić information content (AvgIpc) is 2.96. The fourth-order valence-corrected chi connectivity index (χ4v) is 4.33. The van der Waals surface area contributed by atoms with E-state index in [0.717, 1.165) is 0 Å². The Balaban J connectivity index is 1.47. The molecule has 0 amide bonds. The lowest BCUT2D eigenvalue weighted by Gasteiger charge is -2.39. The van der Waals surface area contributed by atoms with Gasteiger partial charge in [-0.25, -0.2) is 9.59 Å². The molecule has 22 nitrogen and oxygen atoms in total. The molecule has 10 atom stereocenters. The number of hydrogen-bond acceptors (Lipinski definition) is 18. The first kappa shape index (κ1) is 31.4. The second-order valence-corrected chi connectivity index (χ2v) is 9.40. The van der Waals surface area contributed by atoms with Gasteiger partial charge in [0.05, 0.1) is 13.2 Å². The van der Waals surface area contributed by atoms with Crippen LogP contribution in [0.2, 0.25) is 0 Å². The molecule has 2 fully saturated rings. The minimum Gasteiger partial charge on any atom is -0.394 e. The molecule has 22 heteroatoms. The fourth-order valence-electron chi connectivity index (χ4n) is 4.33. The smallest absolute Gasteiger partial charge is 0.347 e. The first-order valence-electron chi connectivity index (χ1n) is 12.4. The molecule has 2 aliphatic heterocycles. The summed E-state index contributed by atoms with van der Waals surface area (Å²) in [5.41, 5.74) is -4.26. The van der Waals surface area contributed by atoms with Crippen molar-refractivity contribution in [1.29, 1.82) is 0 Å². The molecule has 4 rings (SSSR count). The first-order chi connectivity index (χ1) is 19.9. The summed E-state index contributed by atoms with van der Waals surface area (Å²) in [6.45, 7) is -1.90. The van der Waals surface area contributed by atoms with Crippen molar-refractivity contribution in [2.24, 2.45) is 0 Å². The molecule has 2 aromatic rings. The lowest BCUT2D eigenvalue weighted by atomic mass is 9.98. The molecule has 2 aromatic heterocycles. The van der Waals surface area contributed by atoms with E-state index in [0.29, 0.717) is 9.36 Å². The quantitative estimate of drug-likeness (QED) is 0.118. The molecule has 42 heavy (non-hydrogen) atoms. The third kappa shape index (κ3) is 5.98. The third-order valence-electron chi connectivity index (χ3n) is 6.63. The van der Waals surface area contributed by atoms with E-state index in [1.807, 2.05) is 9.97 Å². The summed E-state index contributed by atoms with van der Waals surface area (Å²) in [7, 11) is 0. The van der Waals surface area contributed by atoms with E-state index in [-0.39, 0.29) is 13.1 Å². The van der Waals surface area contributed by atoms with Gasteiger partial charge >= 0.3 is 11.4 Å². The molecule has 0 bridgehead atoms. The molecular formula is C20H30N8O14. The molecular weight excluding hydrogens is 576 g/mol. The van der Waals surface area contributed by atoms with Crippen LogP contribution in [0.25, 0.3) is 0 Å². The molecule has 12 N–H and O–H groups in total. The van der Waals surface area contributed by atoms with Crippen molar-refractivity contribution in [1.82, 2.24) is 29.5 Å². The molecule has 0 spiro atoms. The standard InChI is InChI=1S/C20H30N8O14/c29-3-5-7(31)9(33)11(35)17(41-5)27-19(39)23-15(37)13(25-27)21-1-2-22-14-16(38)24-20(40)28(26-14)18-12(36)10(34)8(32)6(4-30)42-18/h5-12,17-18,29-36H,1-4H2,(H,21,25)(H,22,26)(H,23,37,39)(H,24,38,40)/t5-,6-,7-,8-,9+,10+,11-,12-,17-,18-/m1/s1. The van der Waals surface area contributed by atoms with Crippen molar-refractivity contribution in [3.05, 3.63) is 41.7 Å². The summed E-state index contributed by atoms with van der Waals surface area (Å²) in [6.07, 6.45) is -16.9. The highest BCUT2D eigenvalue weighted by Gasteiger charge is 2.46. The summed E-state index contributed by atoms with van der Waals surface area (Å²) < 4.78 is 11.5. The van der Waals surface area contributed by atoms with Gasteiger partial charge in [0.2, 0.25) is 11.6 Å². The van der Waals surface area contributed by atoms with E-state index in [1.54, 1.807) is 0 Å². The Kier molecular flexibility index (Phi) is 9.51. The van der Waals surface area contributed by atoms with E-state index in [1.165, 1.54) is 0 Å². The summed E-state index contributed by atoms with van der Waals surface area (Å²) in [5, 5.41) is 91.8. The monoisotopic (exact) mass is 606 g/mol. The predicted molar refractivity (Wildman–Crippen MR) is 133 cm³/mol. The summed E-state index contributed by atoms with van der Waals surface area (Å²) >= 11 is 0. The Morgan fingerprint density at radius 1 is 0.619 bits per heavy atom. The molecule has 0 aliphatic carbocycles. The number of ether oxygens (including phenoxy) is 2. The van der Waals surface area contributed by atoms with Crippen LogP contribution in [0, 0.1) is 0 Å². The van der Waals surface area contributed by atoms with Crippen molar-refractivity contribution < 1.29 is 50.3 Å². The summed E-state index contributed by atoms with van der Waals surface area (Å²) in [4.78, 5) is 53.0. The zero-order valence-corrected chi connectivity index (χ0v) is 21.4. The van der Waals surface area contributed by atoms with Crippen molar-refractivity contribution >= 4 is 11.6 Å². The van der Waals surface area contributed by atoms with Crippen molar-refractivity contribution in [3.63, 3.8) is 0 Å². The second-order valence-electron chi connectivity index (χ2n) is 9.40. The van der Waals surface area contributed by atoms with E-state index in [2.05, 4.69) is 20.8 Å². The largest absolute Gasteiger partial charge is 0.394 e. The van der Waals surface area contributed by atoms with Crippen LogP contribution in [-0.2, 0) is 9.47 Å². The van der Waals surface area contributed by atoms with Crippen LogP contribution in [-0.4, -0.2) is 146 Å². The van der Waals surface area contributed by atoms with Crippen molar-refractivity contribution in [2.45, 2.75) is 61.3 Å². The molecule has 234 valence electrons. The van der Waals surface area contributed by atoms with E-state index >= 15 is 0 Å². The van der Waals surface area contributed by atoms with Gasteiger partial charge in [-0.3, -0.25) is 19.6 Å². The van der Waals surface area contributed by atoms with Gasteiger partial charge < -0.3 is 61.0 Å². The number of anilines is 2. The molecule has 0 radical (unpaired) electrons. The minimum absolute atomic E-state index is 0.177. The number of nitrogens with one attached hydrogen (secondary N) is 4. The molecule has 0 aromatic carbocycles. The highest BCUT2D eigenvalue weighted by atomic mass is 16.6. The Hall–Kier alpha value is -3.58. The maximum atomic E-state index is 12.3. The first-order valence-corrected chi connectivity index (χ1v) is 12.4. The number of H-pyrrole nitrogens is 2. The van der Waals surface area contributed by atoms with Crippen LogP contribution < -0.4 is 33.1 Å². The maximum absolute atomic E-state index is 12.3. The van der Waals surface area contributed by atoms with E-state index in [4.69, 9.17) is 9.47 Å². The van der Waals surface area contributed by atoms with Crippen molar-refractivity contribution in [3.8, 4) is 0 Å². The van der Waals surface area contributed by atoms with Gasteiger partial charge in [0.1, 0.15) is 48.8 Å².